The summed E-state index contributed by atoms with van der Waals surface area (Å²) in [4.78, 5) is 0. The molecule has 5 fully saturated rings. The highest BCUT2D eigenvalue weighted by Gasteiger charge is 2.65. The van der Waals surface area contributed by atoms with Crippen LogP contribution in [0.3, 0.4) is 0 Å². The topological polar surface area (TPSA) is 119 Å². The number of fused-ring (bicyclic) bond motifs is 2. The molecule has 0 aliphatic carbocycles. The molecular weight excluding hydrogens is 499 g/mol. The van der Waals surface area contributed by atoms with Crippen molar-refractivity contribution in [3.05, 3.63) is 0 Å². The highest BCUT2D eigenvalue weighted by Crippen LogP contribution is 2.61. The molecule has 5 heterocycles. The van der Waals surface area contributed by atoms with Crippen LogP contribution >= 0.6 is 7.60 Å². The Hall–Kier alpha value is -0.210. The molecule has 208 valence electrons. The molecule has 0 amide bonds. The number of ether oxygens (including phenoxy) is 9. The highest BCUT2D eigenvalue weighted by molar-refractivity contribution is 7.54. The first-order valence-electron chi connectivity index (χ1n) is 12.5. The lowest BCUT2D eigenvalue weighted by Crippen LogP contribution is -2.40. The average Bonchev–Trinajstić information content (AvgIpc) is 3.52. The van der Waals surface area contributed by atoms with Crippen molar-refractivity contribution in [3.8, 4) is 0 Å². The van der Waals surface area contributed by atoms with Crippen LogP contribution in [-0.4, -0.2) is 99.2 Å². The van der Waals surface area contributed by atoms with E-state index >= 15 is 0 Å². The first-order chi connectivity index (χ1) is 16.8. The lowest BCUT2D eigenvalue weighted by molar-refractivity contribution is -0.229. The standard InChI is InChI=1S/C23H39O12P/c1-9-27-36(24,28-11-12-15-17(19(25-8)29-12)34-22(4,5)32-15)20-18-16(33-23(6,7)35-18)14(30-20)13-10-26-21(2,3)31-13/h12-20H,9-11H2,1-8H3/t12-,13-,14-,15-,16+,17-,18+,19-,20+,36?/m1/s1. The quantitative estimate of drug-likeness (QED) is 0.423. The van der Waals surface area contributed by atoms with Crippen molar-refractivity contribution in [2.45, 2.75) is 121 Å². The molecule has 5 aliphatic rings. The van der Waals surface area contributed by atoms with Crippen LogP contribution in [0.1, 0.15) is 48.5 Å². The van der Waals surface area contributed by atoms with E-state index in [1.807, 2.05) is 27.7 Å². The second kappa shape index (κ2) is 9.46. The lowest BCUT2D eigenvalue weighted by Gasteiger charge is -2.30. The van der Waals surface area contributed by atoms with Crippen molar-refractivity contribution < 1.29 is 56.2 Å². The summed E-state index contributed by atoms with van der Waals surface area (Å²) >= 11 is 0. The molecule has 0 aromatic heterocycles. The maximum absolute atomic E-state index is 14.2. The fourth-order valence-electron chi connectivity index (χ4n) is 5.55. The Kier molecular flexibility index (Phi) is 7.19. The molecule has 1 unspecified atom stereocenters. The molecule has 0 spiro atoms. The SMILES string of the molecule is CCOP(=O)(OC[C@H]1O[C@@H](OC)[C@@H]2OC(C)(C)O[C@@H]21)[C@@H]1O[C@H]([C@H]2COC(C)(C)O2)[C@@H]2OC(C)(C)O[C@@H]21. The Bertz CT molecular complexity index is 864. The fourth-order valence-corrected chi connectivity index (χ4v) is 7.51. The molecule has 12 nitrogen and oxygen atoms in total. The largest absolute Gasteiger partial charge is 0.362 e. The molecule has 5 saturated heterocycles. The van der Waals surface area contributed by atoms with Gasteiger partial charge in [0.2, 0.25) is 0 Å². The van der Waals surface area contributed by atoms with Gasteiger partial charge in [0.25, 0.3) is 0 Å². The molecule has 10 atom stereocenters. The van der Waals surface area contributed by atoms with Crippen molar-refractivity contribution in [1.82, 2.24) is 0 Å². The summed E-state index contributed by atoms with van der Waals surface area (Å²) in [6, 6.07) is 0. The lowest BCUT2D eigenvalue weighted by atomic mass is 10.1. The normalized spacial score (nSPS) is 46.1. The molecule has 0 aromatic carbocycles. The van der Waals surface area contributed by atoms with Crippen LogP contribution < -0.4 is 0 Å². The van der Waals surface area contributed by atoms with Crippen molar-refractivity contribution in [2.75, 3.05) is 26.9 Å². The van der Waals surface area contributed by atoms with Crippen molar-refractivity contribution in [2.24, 2.45) is 0 Å². The molecule has 5 aliphatic heterocycles. The number of hydrogen-bond donors (Lipinski definition) is 0. The van der Waals surface area contributed by atoms with Crippen LogP contribution in [0.4, 0.5) is 0 Å². The number of hydrogen-bond acceptors (Lipinski definition) is 12. The monoisotopic (exact) mass is 538 g/mol. The minimum atomic E-state index is -3.89. The van der Waals surface area contributed by atoms with E-state index in [4.69, 9.17) is 51.7 Å². The predicted molar refractivity (Wildman–Crippen MR) is 122 cm³/mol. The van der Waals surface area contributed by atoms with Crippen molar-refractivity contribution in [1.29, 1.82) is 0 Å². The van der Waals surface area contributed by atoms with Gasteiger partial charge in [-0.2, -0.15) is 0 Å². The van der Waals surface area contributed by atoms with Gasteiger partial charge in [0.15, 0.2) is 29.5 Å². The molecule has 0 aromatic rings. The zero-order valence-corrected chi connectivity index (χ0v) is 23.1. The van der Waals surface area contributed by atoms with Crippen LogP contribution in [0.5, 0.6) is 0 Å². The third kappa shape index (κ3) is 5.05. The Balaban J connectivity index is 1.34. The summed E-state index contributed by atoms with van der Waals surface area (Å²) in [5.74, 6) is -3.50. The first kappa shape index (κ1) is 27.4. The third-order valence-electron chi connectivity index (χ3n) is 6.84. The van der Waals surface area contributed by atoms with Crippen LogP contribution in [0, 0.1) is 0 Å². The van der Waals surface area contributed by atoms with E-state index in [9.17, 15) is 4.57 Å². The zero-order valence-electron chi connectivity index (χ0n) is 22.2. The van der Waals surface area contributed by atoms with Gasteiger partial charge in [-0.15, -0.1) is 0 Å². The summed E-state index contributed by atoms with van der Waals surface area (Å²) in [5.41, 5.74) is 0. The Labute approximate surface area is 211 Å². The second-order valence-electron chi connectivity index (χ2n) is 11.0. The minimum absolute atomic E-state index is 0.0834. The van der Waals surface area contributed by atoms with E-state index in [1.54, 1.807) is 20.8 Å². The summed E-state index contributed by atoms with van der Waals surface area (Å²) in [5, 5.41) is 0. The number of rotatable bonds is 8. The van der Waals surface area contributed by atoms with E-state index in [1.165, 1.54) is 7.11 Å². The Morgan fingerprint density at radius 1 is 0.778 bits per heavy atom. The van der Waals surface area contributed by atoms with Crippen molar-refractivity contribution >= 4 is 7.60 Å². The molecular formula is C23H39O12P. The van der Waals surface area contributed by atoms with E-state index in [-0.39, 0.29) is 13.2 Å². The fraction of sp³-hybridized carbons (Fsp3) is 1.00. The molecule has 13 heteroatoms. The van der Waals surface area contributed by atoms with Gasteiger partial charge in [-0.05, 0) is 48.5 Å². The predicted octanol–water partition coefficient (Wildman–Crippen LogP) is 2.52. The van der Waals surface area contributed by atoms with Crippen molar-refractivity contribution in [3.63, 3.8) is 0 Å². The minimum Gasteiger partial charge on any atom is -0.354 e. The second-order valence-corrected chi connectivity index (χ2v) is 13.1. The summed E-state index contributed by atoms with van der Waals surface area (Å²) < 4.78 is 79.8. The van der Waals surface area contributed by atoms with E-state index < -0.39 is 79.8 Å². The van der Waals surface area contributed by atoms with E-state index in [0.29, 0.717) is 6.61 Å². The smallest absolute Gasteiger partial charge is 0.354 e. The average molecular weight is 539 g/mol. The van der Waals surface area contributed by atoms with Gasteiger partial charge in [0, 0.05) is 7.11 Å². The summed E-state index contributed by atoms with van der Waals surface area (Å²) in [6.07, 6.45) is -4.36. The van der Waals surface area contributed by atoms with Gasteiger partial charge < -0.3 is 51.7 Å². The van der Waals surface area contributed by atoms with E-state index in [0.717, 1.165) is 0 Å². The molecule has 5 rings (SSSR count). The molecule has 0 saturated carbocycles. The van der Waals surface area contributed by atoms with Gasteiger partial charge in [0.05, 0.1) is 19.8 Å². The van der Waals surface area contributed by atoms with Gasteiger partial charge in [-0.3, -0.25) is 4.57 Å². The summed E-state index contributed by atoms with van der Waals surface area (Å²) in [7, 11) is -2.36. The third-order valence-corrected chi connectivity index (χ3v) is 9.01. The maximum Gasteiger partial charge on any atom is 0.362 e. The highest BCUT2D eigenvalue weighted by atomic mass is 31.2. The van der Waals surface area contributed by atoms with Gasteiger partial charge in [0.1, 0.15) is 42.7 Å². The molecule has 0 N–H and O–H groups in total. The zero-order chi connectivity index (χ0) is 26.1. The Morgan fingerprint density at radius 2 is 1.42 bits per heavy atom. The van der Waals surface area contributed by atoms with Crippen LogP contribution in [0.2, 0.25) is 0 Å². The van der Waals surface area contributed by atoms with Crippen LogP contribution in [0.15, 0.2) is 0 Å². The summed E-state index contributed by atoms with van der Waals surface area (Å²) in [6.45, 7) is 13.0. The first-order valence-corrected chi connectivity index (χ1v) is 14.1. The Morgan fingerprint density at radius 3 is 2.03 bits per heavy atom. The van der Waals surface area contributed by atoms with Gasteiger partial charge in [-0.25, -0.2) is 0 Å². The molecule has 36 heavy (non-hydrogen) atoms. The number of methoxy groups -OCH3 is 1. The molecule has 0 bridgehead atoms. The van der Waals surface area contributed by atoms with Gasteiger partial charge in [-0.1, -0.05) is 0 Å². The van der Waals surface area contributed by atoms with Crippen LogP contribution in [0.25, 0.3) is 0 Å². The van der Waals surface area contributed by atoms with Crippen LogP contribution in [-0.2, 0) is 56.2 Å². The van der Waals surface area contributed by atoms with Gasteiger partial charge >= 0.3 is 7.60 Å². The van der Waals surface area contributed by atoms with E-state index in [2.05, 4.69) is 0 Å². The molecule has 0 radical (unpaired) electrons. The maximum atomic E-state index is 14.2.